The third kappa shape index (κ3) is 3.62. The van der Waals surface area contributed by atoms with Gasteiger partial charge in [-0.2, -0.15) is 0 Å². The Labute approximate surface area is 98.2 Å². The number of nitrogens with one attached hydrogen (secondary N) is 1. The molecule has 0 unspecified atom stereocenters. The minimum absolute atomic E-state index is 0.451. The summed E-state index contributed by atoms with van der Waals surface area (Å²) in [6, 6.07) is 11.8. The molecule has 0 aromatic heterocycles. The molecule has 0 atom stereocenters. The Morgan fingerprint density at radius 2 is 1.75 bits per heavy atom. The second-order valence-electron chi connectivity index (χ2n) is 4.80. The van der Waals surface area contributed by atoms with E-state index in [0.29, 0.717) is 12.1 Å². The monoisotopic (exact) mass is 218 g/mol. The summed E-state index contributed by atoms with van der Waals surface area (Å²) in [6.07, 6.45) is 5.99. The summed E-state index contributed by atoms with van der Waals surface area (Å²) < 4.78 is 0. The van der Waals surface area contributed by atoms with Crippen molar-refractivity contribution in [3.63, 3.8) is 0 Å². The molecule has 1 aliphatic rings. The predicted molar refractivity (Wildman–Crippen MR) is 68.4 cm³/mol. The largest absolute Gasteiger partial charge is 0.328 e. The van der Waals surface area contributed by atoms with Crippen molar-refractivity contribution in [3.8, 4) is 0 Å². The molecule has 2 rings (SSSR count). The topological polar surface area (TPSA) is 38.0 Å². The quantitative estimate of drug-likeness (QED) is 0.812. The highest BCUT2D eigenvalue weighted by molar-refractivity contribution is 5.14. The first-order chi connectivity index (χ1) is 7.84. The minimum atomic E-state index is 0.451. The molecule has 0 radical (unpaired) electrons. The molecule has 1 saturated carbocycles. The second kappa shape index (κ2) is 6.02. The summed E-state index contributed by atoms with van der Waals surface area (Å²) in [5, 5.41) is 3.64. The fourth-order valence-corrected chi connectivity index (χ4v) is 2.39. The first-order valence-electron chi connectivity index (χ1n) is 6.37. The maximum atomic E-state index is 5.89. The predicted octanol–water partition coefficient (Wildman–Crippen LogP) is 2.09. The summed E-state index contributed by atoms with van der Waals surface area (Å²) in [5.74, 6) is 0. The number of nitrogens with two attached hydrogens (primary N) is 1. The van der Waals surface area contributed by atoms with Gasteiger partial charge < -0.3 is 11.1 Å². The SMILES string of the molecule is NC1CCC(NCCc2ccccc2)CC1. The lowest BCUT2D eigenvalue weighted by atomic mass is 9.92. The Hall–Kier alpha value is -0.860. The zero-order valence-corrected chi connectivity index (χ0v) is 9.86. The van der Waals surface area contributed by atoms with Crippen molar-refractivity contribution in [2.75, 3.05) is 6.54 Å². The molecule has 88 valence electrons. The van der Waals surface area contributed by atoms with Crippen LogP contribution < -0.4 is 11.1 Å². The van der Waals surface area contributed by atoms with Crippen molar-refractivity contribution < 1.29 is 0 Å². The third-order valence-corrected chi connectivity index (χ3v) is 3.46. The minimum Gasteiger partial charge on any atom is -0.328 e. The standard InChI is InChI=1S/C14H22N2/c15-13-6-8-14(9-7-13)16-11-10-12-4-2-1-3-5-12/h1-5,13-14,16H,6-11,15H2. The van der Waals surface area contributed by atoms with E-state index in [4.69, 9.17) is 5.73 Å². The van der Waals surface area contributed by atoms with E-state index in [1.54, 1.807) is 0 Å². The molecule has 3 N–H and O–H groups in total. The van der Waals surface area contributed by atoms with Gasteiger partial charge in [-0.3, -0.25) is 0 Å². The number of rotatable bonds is 4. The molecule has 0 heterocycles. The smallest absolute Gasteiger partial charge is 0.00683 e. The Morgan fingerprint density at radius 3 is 2.44 bits per heavy atom. The van der Waals surface area contributed by atoms with Crippen LogP contribution in [-0.4, -0.2) is 18.6 Å². The summed E-state index contributed by atoms with van der Waals surface area (Å²) in [5.41, 5.74) is 7.31. The summed E-state index contributed by atoms with van der Waals surface area (Å²) >= 11 is 0. The average Bonchev–Trinajstić information content (AvgIpc) is 2.33. The zero-order valence-electron chi connectivity index (χ0n) is 9.86. The van der Waals surface area contributed by atoms with E-state index in [9.17, 15) is 0 Å². The lowest BCUT2D eigenvalue weighted by Gasteiger charge is -2.26. The fraction of sp³-hybridized carbons (Fsp3) is 0.571. The van der Waals surface area contributed by atoms with E-state index < -0.39 is 0 Å². The van der Waals surface area contributed by atoms with Gasteiger partial charge in [0.25, 0.3) is 0 Å². The molecule has 1 aliphatic carbocycles. The lowest BCUT2D eigenvalue weighted by molar-refractivity contribution is 0.344. The van der Waals surface area contributed by atoms with Crippen molar-refractivity contribution in [1.82, 2.24) is 5.32 Å². The van der Waals surface area contributed by atoms with E-state index in [-0.39, 0.29) is 0 Å². The lowest BCUT2D eigenvalue weighted by Crippen LogP contribution is -2.38. The number of hydrogen-bond donors (Lipinski definition) is 2. The number of benzene rings is 1. The fourth-order valence-electron chi connectivity index (χ4n) is 2.39. The molecule has 0 spiro atoms. The highest BCUT2D eigenvalue weighted by atomic mass is 14.9. The van der Waals surface area contributed by atoms with Crippen LogP contribution in [0.15, 0.2) is 30.3 Å². The molecule has 16 heavy (non-hydrogen) atoms. The van der Waals surface area contributed by atoms with Gasteiger partial charge in [0.15, 0.2) is 0 Å². The van der Waals surface area contributed by atoms with Gasteiger partial charge in [-0.25, -0.2) is 0 Å². The average molecular weight is 218 g/mol. The Balaban J connectivity index is 1.65. The van der Waals surface area contributed by atoms with Gasteiger partial charge in [0, 0.05) is 12.1 Å². The van der Waals surface area contributed by atoms with Crippen LogP contribution in [0.5, 0.6) is 0 Å². The van der Waals surface area contributed by atoms with E-state index in [1.165, 1.54) is 31.2 Å². The summed E-state index contributed by atoms with van der Waals surface area (Å²) in [6.45, 7) is 1.09. The van der Waals surface area contributed by atoms with Crippen LogP contribution in [0.4, 0.5) is 0 Å². The van der Waals surface area contributed by atoms with Gasteiger partial charge in [-0.15, -0.1) is 0 Å². The van der Waals surface area contributed by atoms with Gasteiger partial charge >= 0.3 is 0 Å². The number of hydrogen-bond acceptors (Lipinski definition) is 2. The highest BCUT2D eigenvalue weighted by Crippen LogP contribution is 2.16. The first kappa shape index (κ1) is 11.6. The molecule has 2 heteroatoms. The second-order valence-corrected chi connectivity index (χ2v) is 4.80. The Bertz CT molecular complexity index is 289. The van der Waals surface area contributed by atoms with Crippen LogP contribution in [0.25, 0.3) is 0 Å². The van der Waals surface area contributed by atoms with Crippen molar-refractivity contribution >= 4 is 0 Å². The third-order valence-electron chi connectivity index (χ3n) is 3.46. The van der Waals surface area contributed by atoms with Crippen LogP contribution in [0.2, 0.25) is 0 Å². The van der Waals surface area contributed by atoms with Crippen LogP contribution in [0.1, 0.15) is 31.2 Å². The first-order valence-corrected chi connectivity index (χ1v) is 6.37. The van der Waals surface area contributed by atoms with E-state index >= 15 is 0 Å². The molecule has 1 fully saturated rings. The zero-order chi connectivity index (χ0) is 11.2. The van der Waals surface area contributed by atoms with Crippen LogP contribution >= 0.6 is 0 Å². The summed E-state index contributed by atoms with van der Waals surface area (Å²) in [7, 11) is 0. The van der Waals surface area contributed by atoms with E-state index in [2.05, 4.69) is 35.6 Å². The maximum Gasteiger partial charge on any atom is 0.00683 e. The highest BCUT2D eigenvalue weighted by Gasteiger charge is 2.17. The Kier molecular flexibility index (Phi) is 4.37. The maximum absolute atomic E-state index is 5.89. The van der Waals surface area contributed by atoms with Crippen molar-refractivity contribution in [1.29, 1.82) is 0 Å². The van der Waals surface area contributed by atoms with Gasteiger partial charge in [0.05, 0.1) is 0 Å². The molecular weight excluding hydrogens is 196 g/mol. The van der Waals surface area contributed by atoms with Crippen LogP contribution in [0, 0.1) is 0 Å². The molecular formula is C14H22N2. The van der Waals surface area contributed by atoms with Gasteiger partial charge in [-0.1, -0.05) is 30.3 Å². The van der Waals surface area contributed by atoms with Crippen LogP contribution in [0.3, 0.4) is 0 Å². The van der Waals surface area contributed by atoms with E-state index in [0.717, 1.165) is 13.0 Å². The van der Waals surface area contributed by atoms with Crippen molar-refractivity contribution in [2.24, 2.45) is 5.73 Å². The molecule has 0 saturated heterocycles. The van der Waals surface area contributed by atoms with Gasteiger partial charge in [-0.05, 0) is 44.2 Å². The van der Waals surface area contributed by atoms with Crippen molar-refractivity contribution in [3.05, 3.63) is 35.9 Å². The summed E-state index contributed by atoms with van der Waals surface area (Å²) in [4.78, 5) is 0. The molecule has 0 bridgehead atoms. The molecule has 2 nitrogen and oxygen atoms in total. The molecule has 0 aliphatic heterocycles. The molecule has 0 amide bonds. The Morgan fingerprint density at radius 1 is 1.06 bits per heavy atom. The van der Waals surface area contributed by atoms with Crippen LogP contribution in [-0.2, 0) is 6.42 Å². The normalized spacial score (nSPS) is 25.6. The molecule has 1 aromatic carbocycles. The molecule has 1 aromatic rings. The van der Waals surface area contributed by atoms with Gasteiger partial charge in [0.1, 0.15) is 0 Å². The van der Waals surface area contributed by atoms with Crippen molar-refractivity contribution in [2.45, 2.75) is 44.2 Å². The van der Waals surface area contributed by atoms with Gasteiger partial charge in [0.2, 0.25) is 0 Å². The van der Waals surface area contributed by atoms with E-state index in [1.807, 2.05) is 0 Å².